The van der Waals surface area contributed by atoms with Crippen LogP contribution in [-0.2, 0) is 6.54 Å². The van der Waals surface area contributed by atoms with Crippen molar-refractivity contribution >= 4 is 11.3 Å². The fourth-order valence-electron chi connectivity index (χ4n) is 4.07. The van der Waals surface area contributed by atoms with Crippen molar-refractivity contribution in [1.82, 2.24) is 19.1 Å². The summed E-state index contributed by atoms with van der Waals surface area (Å²) in [5, 5.41) is 2.49. The van der Waals surface area contributed by atoms with Gasteiger partial charge < -0.3 is 9.13 Å². The molecule has 2 fully saturated rings. The van der Waals surface area contributed by atoms with E-state index in [1.807, 2.05) is 5.38 Å². The molecule has 3 aromatic rings. The molecule has 0 aromatic carbocycles. The highest BCUT2D eigenvalue weighted by molar-refractivity contribution is 7.13. The quantitative estimate of drug-likeness (QED) is 0.649. The summed E-state index contributed by atoms with van der Waals surface area (Å²) < 4.78 is 17.2. The lowest BCUT2D eigenvalue weighted by Crippen LogP contribution is -2.42. The van der Waals surface area contributed by atoms with Gasteiger partial charge in [-0.1, -0.05) is 0 Å². The van der Waals surface area contributed by atoms with E-state index >= 15 is 0 Å². The number of hydrogen-bond donors (Lipinski definition) is 0. The average Bonchev–Trinajstić information content (AvgIpc) is 3.07. The standard InChI is InChI=1S/C19H17FN4O2S/c20-15-8-13(17-21-1-4-27-17)9-22-16(15)10-23-2-3-24(19(26)18(23)25)14-6-11-5-12(11)7-14/h1-4,8-9,11-12,14H,5-7,10H2. The molecule has 2 atom stereocenters. The van der Waals surface area contributed by atoms with E-state index in [0.29, 0.717) is 10.6 Å². The molecule has 0 aliphatic heterocycles. The number of rotatable bonds is 4. The molecule has 138 valence electrons. The minimum atomic E-state index is -0.636. The Morgan fingerprint density at radius 1 is 1.11 bits per heavy atom. The Balaban J connectivity index is 1.41. The van der Waals surface area contributed by atoms with Crippen molar-refractivity contribution in [2.45, 2.75) is 31.8 Å². The van der Waals surface area contributed by atoms with Crippen molar-refractivity contribution in [1.29, 1.82) is 0 Å². The second-order valence-corrected chi connectivity index (χ2v) is 8.21. The molecule has 27 heavy (non-hydrogen) atoms. The summed E-state index contributed by atoms with van der Waals surface area (Å²) in [6, 6.07) is 1.48. The van der Waals surface area contributed by atoms with E-state index in [9.17, 15) is 14.0 Å². The van der Waals surface area contributed by atoms with Gasteiger partial charge in [0.25, 0.3) is 0 Å². The van der Waals surface area contributed by atoms with Gasteiger partial charge in [-0.2, -0.15) is 0 Å². The van der Waals surface area contributed by atoms with Crippen molar-refractivity contribution in [3.8, 4) is 10.6 Å². The first-order chi connectivity index (χ1) is 13.1. The summed E-state index contributed by atoms with van der Waals surface area (Å²) in [7, 11) is 0. The highest BCUT2D eigenvalue weighted by atomic mass is 32.1. The Hall–Kier alpha value is -2.61. The van der Waals surface area contributed by atoms with E-state index in [4.69, 9.17) is 0 Å². The monoisotopic (exact) mass is 384 g/mol. The third-order valence-electron chi connectivity index (χ3n) is 5.61. The van der Waals surface area contributed by atoms with Crippen LogP contribution in [0, 0.1) is 17.7 Å². The molecule has 0 N–H and O–H groups in total. The van der Waals surface area contributed by atoms with E-state index in [-0.39, 0.29) is 18.3 Å². The highest BCUT2D eigenvalue weighted by Crippen LogP contribution is 2.55. The third kappa shape index (κ3) is 2.93. The number of aromatic nitrogens is 4. The van der Waals surface area contributed by atoms with Gasteiger partial charge in [0.1, 0.15) is 10.8 Å². The summed E-state index contributed by atoms with van der Waals surface area (Å²) in [4.78, 5) is 33.2. The van der Waals surface area contributed by atoms with Crippen LogP contribution in [0.2, 0.25) is 0 Å². The lowest BCUT2D eigenvalue weighted by molar-refractivity contribution is 0.445. The topological polar surface area (TPSA) is 69.8 Å². The van der Waals surface area contributed by atoms with Gasteiger partial charge >= 0.3 is 11.1 Å². The third-order valence-corrected chi connectivity index (χ3v) is 6.44. The lowest BCUT2D eigenvalue weighted by atomic mass is 10.1. The minimum absolute atomic E-state index is 0.0746. The smallest absolute Gasteiger partial charge is 0.306 e. The van der Waals surface area contributed by atoms with Crippen molar-refractivity contribution in [3.05, 3.63) is 68.5 Å². The lowest BCUT2D eigenvalue weighted by Gasteiger charge is -2.16. The van der Waals surface area contributed by atoms with Crippen LogP contribution in [0.5, 0.6) is 0 Å². The van der Waals surface area contributed by atoms with Gasteiger partial charge in [-0.3, -0.25) is 14.6 Å². The minimum Gasteiger partial charge on any atom is -0.306 e. The molecule has 2 aliphatic rings. The SMILES string of the molecule is O=c1c(=O)n(C2CC3CC3C2)ccn1Cc1ncc(-c2nccs2)cc1F. The maximum atomic E-state index is 14.4. The Morgan fingerprint density at radius 3 is 2.63 bits per heavy atom. The predicted octanol–water partition coefficient (Wildman–Crippen LogP) is 2.69. The van der Waals surface area contributed by atoms with Crippen LogP contribution in [0.25, 0.3) is 10.6 Å². The summed E-state index contributed by atoms with van der Waals surface area (Å²) >= 11 is 1.40. The van der Waals surface area contributed by atoms with Gasteiger partial charge in [0.05, 0.1) is 12.2 Å². The van der Waals surface area contributed by atoms with E-state index in [0.717, 1.165) is 24.7 Å². The first-order valence-electron chi connectivity index (χ1n) is 8.96. The summed E-state index contributed by atoms with van der Waals surface area (Å²) in [5.74, 6) is 0.924. The number of nitrogens with zero attached hydrogens (tertiary/aromatic N) is 4. The molecule has 0 saturated heterocycles. The summed E-state index contributed by atoms with van der Waals surface area (Å²) in [6.45, 7) is -0.0746. The largest absolute Gasteiger partial charge is 0.316 e. The van der Waals surface area contributed by atoms with Crippen LogP contribution in [0.15, 0.2) is 45.8 Å². The molecule has 2 unspecified atom stereocenters. The number of hydrogen-bond acceptors (Lipinski definition) is 5. The molecule has 8 heteroatoms. The molecule has 3 aromatic heterocycles. The van der Waals surface area contributed by atoms with E-state index < -0.39 is 16.9 Å². The molecular weight excluding hydrogens is 367 g/mol. The maximum Gasteiger partial charge on any atom is 0.316 e. The Kier molecular flexibility index (Phi) is 3.82. The molecule has 3 heterocycles. The summed E-state index contributed by atoms with van der Waals surface area (Å²) in [5.41, 5.74) is -0.461. The van der Waals surface area contributed by atoms with Gasteiger partial charge in [0.2, 0.25) is 0 Å². The van der Waals surface area contributed by atoms with E-state index in [1.54, 1.807) is 23.2 Å². The summed E-state index contributed by atoms with van der Waals surface area (Å²) in [6.07, 6.45) is 9.60. The van der Waals surface area contributed by atoms with Crippen molar-refractivity contribution < 1.29 is 4.39 Å². The Bertz CT molecular complexity index is 1110. The van der Waals surface area contributed by atoms with Crippen molar-refractivity contribution in [2.24, 2.45) is 11.8 Å². The number of fused-ring (bicyclic) bond motifs is 1. The molecule has 0 bridgehead atoms. The predicted molar refractivity (Wildman–Crippen MR) is 99.2 cm³/mol. The highest BCUT2D eigenvalue weighted by Gasteiger charge is 2.46. The maximum absolute atomic E-state index is 14.4. The molecule has 2 saturated carbocycles. The normalized spacial score (nSPS) is 23.4. The first-order valence-corrected chi connectivity index (χ1v) is 9.84. The van der Waals surface area contributed by atoms with Gasteiger partial charge in [0, 0.05) is 41.8 Å². The molecule has 0 amide bonds. The number of halogens is 1. The number of pyridine rings is 1. The average molecular weight is 384 g/mol. The number of thiazole rings is 1. The van der Waals surface area contributed by atoms with Crippen molar-refractivity contribution in [3.63, 3.8) is 0 Å². The first kappa shape index (κ1) is 16.6. The molecule has 0 radical (unpaired) electrons. The van der Waals surface area contributed by atoms with E-state index in [2.05, 4.69) is 9.97 Å². The zero-order chi connectivity index (χ0) is 18.5. The second kappa shape index (κ2) is 6.23. The van der Waals surface area contributed by atoms with E-state index in [1.165, 1.54) is 34.6 Å². The Morgan fingerprint density at radius 2 is 1.93 bits per heavy atom. The molecule has 0 spiro atoms. The van der Waals surface area contributed by atoms with Crippen molar-refractivity contribution in [2.75, 3.05) is 0 Å². The zero-order valence-corrected chi connectivity index (χ0v) is 15.2. The van der Waals surface area contributed by atoms with Gasteiger partial charge in [-0.15, -0.1) is 11.3 Å². The fraction of sp³-hybridized carbons (Fsp3) is 0.368. The zero-order valence-electron chi connectivity index (χ0n) is 14.4. The van der Waals surface area contributed by atoms with Crippen LogP contribution in [0.3, 0.4) is 0 Å². The second-order valence-electron chi connectivity index (χ2n) is 7.31. The fourth-order valence-corrected chi connectivity index (χ4v) is 4.69. The van der Waals surface area contributed by atoms with Crippen LogP contribution in [0.1, 0.15) is 31.0 Å². The molecule has 2 aliphatic carbocycles. The van der Waals surface area contributed by atoms with Crippen LogP contribution in [-0.4, -0.2) is 19.1 Å². The molecule has 5 rings (SSSR count). The van der Waals surface area contributed by atoms with Gasteiger partial charge in [-0.05, 0) is 37.2 Å². The van der Waals surface area contributed by atoms with Gasteiger partial charge in [0.15, 0.2) is 0 Å². The van der Waals surface area contributed by atoms with Crippen LogP contribution >= 0.6 is 11.3 Å². The Labute approximate surface area is 158 Å². The molecular formula is C19H17FN4O2S. The van der Waals surface area contributed by atoms with Crippen LogP contribution < -0.4 is 11.1 Å². The van der Waals surface area contributed by atoms with Crippen LogP contribution in [0.4, 0.5) is 4.39 Å². The van der Waals surface area contributed by atoms with Gasteiger partial charge in [-0.25, -0.2) is 9.37 Å². The molecule has 6 nitrogen and oxygen atoms in total.